The van der Waals surface area contributed by atoms with Crippen LogP contribution >= 0.6 is 0 Å². The van der Waals surface area contributed by atoms with Gasteiger partial charge in [-0.2, -0.15) is 0 Å². The van der Waals surface area contributed by atoms with Gasteiger partial charge >= 0.3 is 6.09 Å². The molecular formula is C7H13NO4. The van der Waals surface area contributed by atoms with Gasteiger partial charge in [-0.3, -0.25) is 4.90 Å². The highest BCUT2D eigenvalue weighted by Gasteiger charge is 2.39. The molecule has 1 unspecified atom stereocenters. The SMILES string of the molecule is O=C(O)N1CCCCC1(O)CO. The summed E-state index contributed by atoms with van der Waals surface area (Å²) in [5.74, 6) is 0. The van der Waals surface area contributed by atoms with Crippen molar-refractivity contribution < 1.29 is 20.1 Å². The van der Waals surface area contributed by atoms with E-state index in [0.29, 0.717) is 13.0 Å². The molecule has 1 aliphatic heterocycles. The molecule has 0 aromatic carbocycles. The van der Waals surface area contributed by atoms with E-state index in [2.05, 4.69) is 0 Å². The fourth-order valence-corrected chi connectivity index (χ4v) is 1.46. The molecule has 0 aliphatic carbocycles. The molecule has 0 bridgehead atoms. The van der Waals surface area contributed by atoms with Crippen LogP contribution in [0.15, 0.2) is 0 Å². The normalized spacial score (nSPS) is 30.3. The number of amides is 1. The van der Waals surface area contributed by atoms with Crippen molar-refractivity contribution in [2.24, 2.45) is 0 Å². The van der Waals surface area contributed by atoms with Gasteiger partial charge in [0, 0.05) is 6.54 Å². The van der Waals surface area contributed by atoms with Crippen LogP contribution in [0.3, 0.4) is 0 Å². The van der Waals surface area contributed by atoms with E-state index < -0.39 is 18.4 Å². The molecule has 0 aromatic rings. The topological polar surface area (TPSA) is 81.0 Å². The molecule has 0 spiro atoms. The van der Waals surface area contributed by atoms with Gasteiger partial charge in [-0.15, -0.1) is 0 Å². The lowest BCUT2D eigenvalue weighted by atomic mass is 10.00. The Morgan fingerprint density at radius 2 is 2.17 bits per heavy atom. The van der Waals surface area contributed by atoms with Gasteiger partial charge in [0.15, 0.2) is 5.72 Å². The first-order chi connectivity index (χ1) is 5.60. The molecule has 12 heavy (non-hydrogen) atoms. The third-order valence-electron chi connectivity index (χ3n) is 2.20. The number of piperidine rings is 1. The zero-order valence-corrected chi connectivity index (χ0v) is 6.73. The van der Waals surface area contributed by atoms with Crippen molar-refractivity contribution in [3.8, 4) is 0 Å². The number of aliphatic hydroxyl groups excluding tert-OH is 1. The molecule has 1 saturated heterocycles. The number of hydrogen-bond donors (Lipinski definition) is 3. The van der Waals surface area contributed by atoms with E-state index in [1.165, 1.54) is 0 Å². The summed E-state index contributed by atoms with van der Waals surface area (Å²) in [4.78, 5) is 11.5. The van der Waals surface area contributed by atoms with Gasteiger partial charge in [-0.1, -0.05) is 0 Å². The quantitative estimate of drug-likeness (QED) is 0.517. The van der Waals surface area contributed by atoms with E-state index in [0.717, 1.165) is 17.7 Å². The van der Waals surface area contributed by atoms with Gasteiger partial charge in [0.1, 0.15) is 0 Å². The molecule has 0 radical (unpaired) electrons. The molecule has 3 N–H and O–H groups in total. The van der Waals surface area contributed by atoms with Crippen molar-refractivity contribution in [2.45, 2.75) is 25.0 Å². The van der Waals surface area contributed by atoms with Gasteiger partial charge in [-0.05, 0) is 19.3 Å². The summed E-state index contributed by atoms with van der Waals surface area (Å²) in [6.07, 6.45) is 0.636. The third-order valence-corrected chi connectivity index (χ3v) is 2.20. The summed E-state index contributed by atoms with van der Waals surface area (Å²) >= 11 is 0. The Balaban J connectivity index is 2.73. The highest BCUT2D eigenvalue weighted by atomic mass is 16.4. The predicted octanol–water partition coefficient (Wildman–Crippen LogP) is -0.169. The smallest absolute Gasteiger partial charge is 0.409 e. The van der Waals surface area contributed by atoms with Crippen LogP contribution in [0.4, 0.5) is 4.79 Å². The minimum atomic E-state index is -1.55. The summed E-state index contributed by atoms with van der Waals surface area (Å²) < 4.78 is 0. The molecule has 5 nitrogen and oxygen atoms in total. The number of nitrogens with zero attached hydrogens (tertiary/aromatic N) is 1. The highest BCUT2D eigenvalue weighted by molar-refractivity contribution is 5.66. The highest BCUT2D eigenvalue weighted by Crippen LogP contribution is 2.24. The average molecular weight is 175 g/mol. The van der Waals surface area contributed by atoms with Crippen LogP contribution in [0.5, 0.6) is 0 Å². The minimum absolute atomic E-state index is 0.298. The van der Waals surface area contributed by atoms with Gasteiger partial charge in [-0.25, -0.2) is 4.79 Å². The van der Waals surface area contributed by atoms with Crippen molar-refractivity contribution in [3.05, 3.63) is 0 Å². The van der Waals surface area contributed by atoms with Gasteiger partial charge in [0.2, 0.25) is 0 Å². The van der Waals surface area contributed by atoms with Crippen LogP contribution < -0.4 is 0 Å². The van der Waals surface area contributed by atoms with Crippen molar-refractivity contribution in [1.29, 1.82) is 0 Å². The maximum atomic E-state index is 10.6. The second-order valence-corrected chi connectivity index (χ2v) is 3.03. The zero-order valence-electron chi connectivity index (χ0n) is 6.73. The second-order valence-electron chi connectivity index (χ2n) is 3.03. The second kappa shape index (κ2) is 3.28. The van der Waals surface area contributed by atoms with E-state index >= 15 is 0 Å². The van der Waals surface area contributed by atoms with Crippen molar-refractivity contribution in [1.82, 2.24) is 4.90 Å². The number of hydrogen-bond acceptors (Lipinski definition) is 3. The lowest BCUT2D eigenvalue weighted by Gasteiger charge is -2.39. The first-order valence-corrected chi connectivity index (χ1v) is 3.94. The predicted molar refractivity (Wildman–Crippen MR) is 40.6 cm³/mol. The van der Waals surface area contributed by atoms with Gasteiger partial charge in [0.25, 0.3) is 0 Å². The third kappa shape index (κ3) is 1.51. The van der Waals surface area contributed by atoms with Gasteiger partial charge in [0.05, 0.1) is 6.61 Å². The van der Waals surface area contributed by atoms with Crippen molar-refractivity contribution >= 4 is 6.09 Å². The molecule has 5 heteroatoms. The number of rotatable bonds is 1. The van der Waals surface area contributed by atoms with Crippen LogP contribution in [0, 0.1) is 0 Å². The standard InChI is InChI=1S/C7H13NO4/c9-5-7(12)3-1-2-4-8(7)6(10)11/h9,12H,1-5H2,(H,10,11). The molecular weight excluding hydrogens is 162 g/mol. The first kappa shape index (κ1) is 9.28. The Morgan fingerprint density at radius 1 is 1.50 bits per heavy atom. The average Bonchev–Trinajstić information content (AvgIpc) is 2.05. The van der Waals surface area contributed by atoms with E-state index in [1.54, 1.807) is 0 Å². The van der Waals surface area contributed by atoms with Crippen LogP contribution in [-0.4, -0.2) is 45.2 Å². The minimum Gasteiger partial charge on any atom is -0.465 e. The van der Waals surface area contributed by atoms with E-state index in [-0.39, 0.29) is 0 Å². The summed E-state index contributed by atoms with van der Waals surface area (Å²) in [5.41, 5.74) is -1.55. The van der Waals surface area contributed by atoms with Crippen molar-refractivity contribution in [2.75, 3.05) is 13.2 Å². The Morgan fingerprint density at radius 3 is 2.58 bits per heavy atom. The molecule has 1 rings (SSSR count). The fourth-order valence-electron chi connectivity index (χ4n) is 1.46. The Labute approximate surface area is 70.2 Å². The number of carboxylic acid groups (broad SMARTS) is 1. The maximum absolute atomic E-state index is 10.6. The lowest BCUT2D eigenvalue weighted by Crippen LogP contribution is -2.56. The molecule has 1 amide bonds. The summed E-state index contributed by atoms with van der Waals surface area (Å²) in [6, 6.07) is 0. The summed E-state index contributed by atoms with van der Waals surface area (Å²) in [6.45, 7) is -0.230. The summed E-state index contributed by atoms with van der Waals surface area (Å²) in [5, 5.41) is 27.1. The number of likely N-dealkylation sites (tertiary alicyclic amines) is 1. The molecule has 1 heterocycles. The number of carbonyl (C=O) groups is 1. The van der Waals surface area contributed by atoms with Crippen LogP contribution in [0.25, 0.3) is 0 Å². The molecule has 1 aliphatic rings. The Bertz CT molecular complexity index is 184. The fraction of sp³-hybridized carbons (Fsp3) is 0.857. The van der Waals surface area contributed by atoms with E-state index in [4.69, 9.17) is 10.2 Å². The van der Waals surface area contributed by atoms with Crippen LogP contribution in [0.1, 0.15) is 19.3 Å². The zero-order chi connectivity index (χ0) is 9.19. The largest absolute Gasteiger partial charge is 0.465 e. The molecule has 0 saturated carbocycles. The van der Waals surface area contributed by atoms with E-state index in [9.17, 15) is 9.90 Å². The monoisotopic (exact) mass is 175 g/mol. The summed E-state index contributed by atoms with van der Waals surface area (Å²) in [7, 11) is 0. The molecule has 0 aromatic heterocycles. The molecule has 70 valence electrons. The first-order valence-electron chi connectivity index (χ1n) is 3.94. The maximum Gasteiger partial charge on any atom is 0.409 e. The lowest BCUT2D eigenvalue weighted by molar-refractivity contribution is -0.141. The molecule has 1 fully saturated rings. The van der Waals surface area contributed by atoms with Crippen LogP contribution in [-0.2, 0) is 0 Å². The molecule has 1 atom stereocenters. The number of aliphatic hydroxyl groups is 2. The van der Waals surface area contributed by atoms with E-state index in [1.807, 2.05) is 0 Å². The van der Waals surface area contributed by atoms with Gasteiger partial charge < -0.3 is 15.3 Å². The Hall–Kier alpha value is -0.810. The van der Waals surface area contributed by atoms with Crippen LogP contribution in [0.2, 0.25) is 0 Å². The Kier molecular flexibility index (Phi) is 2.54. The van der Waals surface area contributed by atoms with Crippen molar-refractivity contribution in [3.63, 3.8) is 0 Å².